The van der Waals surface area contributed by atoms with Crippen molar-refractivity contribution < 1.29 is 3.84 Å². The van der Waals surface area contributed by atoms with Crippen molar-refractivity contribution in [3.05, 3.63) is 0 Å². The molecule has 0 rings (SSSR count). The van der Waals surface area contributed by atoms with E-state index in [1.54, 1.807) is 0 Å². The molecular weight excluding hydrogens is 136 g/mol. The second kappa shape index (κ2) is 21.5. The average Bonchev–Trinajstić information content (AvgIpc) is 1.46. The van der Waals surface area contributed by atoms with Gasteiger partial charge in [0.2, 0.25) is 0 Å². The van der Waals surface area contributed by atoms with Crippen LogP contribution in [0.4, 0.5) is 0 Å². The van der Waals surface area contributed by atoms with E-state index in [0.717, 1.165) is 0 Å². The van der Waals surface area contributed by atoms with Gasteiger partial charge in [0, 0.05) is 0 Å². The van der Waals surface area contributed by atoms with Gasteiger partial charge in [-0.1, -0.05) is 0 Å². The van der Waals surface area contributed by atoms with Crippen molar-refractivity contribution in [1.82, 2.24) is 0 Å². The quantitative estimate of drug-likeness (QED) is 0.514. The monoisotopic (exact) mass is 137 g/mol. The number of hydrogen-bond donors (Lipinski definition) is 1. The van der Waals surface area contributed by atoms with Gasteiger partial charge in [-0.05, 0) is 11.8 Å². The fourth-order valence-corrected chi connectivity index (χ4v) is 0. The van der Waals surface area contributed by atoms with Crippen molar-refractivity contribution in [2.75, 3.05) is 0 Å². The highest BCUT2D eigenvalue weighted by Crippen LogP contribution is 1.78. The smallest absolute Gasteiger partial charge is 0.0832 e. The molecule has 0 aliphatic rings. The van der Waals surface area contributed by atoms with Crippen LogP contribution in [0.5, 0.6) is 0 Å². The molecule has 0 aliphatic heterocycles. The topological polar surface area (TPSA) is 35.2 Å². The third-order valence-electron chi connectivity index (χ3n) is 0. The molecule has 0 bridgehead atoms. The summed E-state index contributed by atoms with van der Waals surface area (Å²) in [6.07, 6.45) is 0. The Morgan fingerprint density at radius 3 is 1.20 bits per heavy atom. The number of halogens is 3. The van der Waals surface area contributed by atoms with Crippen molar-refractivity contribution in [3.8, 4) is 0 Å². The van der Waals surface area contributed by atoms with Crippen LogP contribution in [0.25, 0.3) is 0 Å². The largest absolute Gasteiger partial charge is 0.247 e. The fourth-order valence-electron chi connectivity index (χ4n) is 0. The Bertz CT molecular complexity index is 6.85. The lowest BCUT2D eigenvalue weighted by Crippen LogP contribution is -1.48. The molecule has 0 saturated carbocycles. The van der Waals surface area contributed by atoms with Gasteiger partial charge in [0.15, 0.2) is 0 Å². The van der Waals surface area contributed by atoms with Crippen LogP contribution in [0.3, 0.4) is 0 Å². The molecule has 0 saturated heterocycles. The second-order valence-corrected chi connectivity index (χ2v) is 0.525. The van der Waals surface area contributed by atoms with Crippen LogP contribution >= 0.6 is 35.5 Å². The molecule has 0 fully saturated rings. The molecule has 0 aliphatic carbocycles. The summed E-state index contributed by atoms with van der Waals surface area (Å²) >= 11 is 12.7. The van der Waals surface area contributed by atoms with Gasteiger partial charge in [0.05, 0.1) is 23.7 Å². The molecule has 5 heavy (non-hydrogen) atoms. The third-order valence-corrected chi connectivity index (χ3v) is 0. The summed E-state index contributed by atoms with van der Waals surface area (Å²) in [5, 5.41) is 3.97. The summed E-state index contributed by atoms with van der Waals surface area (Å²) in [5.41, 5.74) is 0. The van der Waals surface area contributed by atoms with Crippen LogP contribution < -0.4 is 5.25 Å². The van der Waals surface area contributed by atoms with Crippen LogP contribution in [-0.2, 0) is 3.84 Å². The van der Waals surface area contributed by atoms with E-state index in [0.29, 0.717) is 0 Å². The van der Waals surface area contributed by atoms with Gasteiger partial charge in [-0.15, -0.1) is 0 Å². The van der Waals surface area contributed by atoms with Crippen molar-refractivity contribution >= 4 is 35.5 Å². The summed E-state index contributed by atoms with van der Waals surface area (Å²) in [5.74, 6) is 0. The number of nitrogens with two attached hydrogens (primary N) is 1. The van der Waals surface area contributed by atoms with E-state index in [-0.39, 0.29) is 0 Å². The van der Waals surface area contributed by atoms with Crippen molar-refractivity contribution in [3.63, 3.8) is 0 Å². The maximum absolute atomic E-state index is 4.26. The van der Waals surface area contributed by atoms with Gasteiger partial charge < -0.3 is 0 Å². The Balaban J connectivity index is 0. The maximum Gasteiger partial charge on any atom is 0.0832 e. The summed E-state index contributed by atoms with van der Waals surface area (Å²) in [4.78, 5) is 0. The van der Waals surface area contributed by atoms with Crippen LogP contribution in [0.1, 0.15) is 0 Å². The van der Waals surface area contributed by atoms with Crippen LogP contribution in [0.15, 0.2) is 0 Å². The Morgan fingerprint density at radius 2 is 1.20 bits per heavy atom. The zero-order chi connectivity index (χ0) is 4.71. The van der Waals surface area contributed by atoms with Gasteiger partial charge in [-0.2, -0.15) is 3.84 Å². The van der Waals surface area contributed by atoms with Gasteiger partial charge in [-0.3, -0.25) is 0 Å². The number of rotatable bonds is 0. The predicted octanol–water partition coefficient (Wildman–Crippen LogP) is 1.41. The number of hydrogen-bond acceptors (Lipinski definition) is 2. The minimum absolute atomic E-state index is 3.19. The van der Waals surface area contributed by atoms with Gasteiger partial charge in [-0.25, -0.2) is 5.25 Å². The van der Waals surface area contributed by atoms with Crippen molar-refractivity contribution in [2.24, 2.45) is 5.25 Å². The van der Waals surface area contributed by atoms with E-state index < -0.39 is 0 Å². The molecule has 0 atom stereocenters. The normalized spacial score (nSPS) is 4.80. The summed E-state index contributed by atoms with van der Waals surface area (Å²) in [6, 6.07) is 0. The minimum Gasteiger partial charge on any atom is -0.247 e. The predicted molar refractivity (Wildman–Crippen MR) is 22.8 cm³/mol. The SMILES string of the molecule is ClOCl.NCl. The van der Waals surface area contributed by atoms with Gasteiger partial charge in [0.25, 0.3) is 0 Å². The molecular formula is H2Cl3NO. The molecule has 0 aromatic heterocycles. The molecule has 0 amide bonds. The zero-order valence-corrected chi connectivity index (χ0v) is 4.39. The highest BCUT2D eigenvalue weighted by Gasteiger charge is 1.38. The summed E-state index contributed by atoms with van der Waals surface area (Å²) < 4.78 is 3.19. The average molecular weight is 138 g/mol. The lowest BCUT2D eigenvalue weighted by atomic mass is 14.0. The highest BCUT2D eigenvalue weighted by molar-refractivity contribution is 6.24. The molecule has 0 aromatic carbocycles. The Labute approximate surface area is 45.2 Å². The lowest BCUT2D eigenvalue weighted by molar-refractivity contribution is 0.697. The van der Waals surface area contributed by atoms with Crippen molar-refractivity contribution in [1.29, 1.82) is 0 Å². The van der Waals surface area contributed by atoms with E-state index >= 15 is 0 Å². The molecule has 0 unspecified atom stereocenters. The molecule has 5 heteroatoms. The Morgan fingerprint density at radius 1 is 1.20 bits per heavy atom. The molecule has 0 radical (unpaired) electrons. The van der Waals surface area contributed by atoms with Crippen LogP contribution in [-0.4, -0.2) is 0 Å². The first-order valence-corrected chi connectivity index (χ1v) is 1.58. The van der Waals surface area contributed by atoms with E-state index in [4.69, 9.17) is 0 Å². The maximum atomic E-state index is 4.26. The molecule has 2 N–H and O–H groups in total. The summed E-state index contributed by atoms with van der Waals surface area (Å²) in [6.45, 7) is 0. The minimum atomic E-state index is 3.19. The Kier molecular flexibility index (Phi) is 39.7. The van der Waals surface area contributed by atoms with E-state index in [9.17, 15) is 0 Å². The molecule has 0 heterocycles. The highest BCUT2D eigenvalue weighted by atomic mass is 35.6. The van der Waals surface area contributed by atoms with E-state index in [2.05, 4.69) is 44.6 Å². The first-order valence-electron chi connectivity index (χ1n) is 0.527. The van der Waals surface area contributed by atoms with Crippen LogP contribution in [0.2, 0.25) is 0 Å². The second-order valence-electron chi connectivity index (χ2n) is 0.0583. The van der Waals surface area contributed by atoms with E-state index in [1.807, 2.05) is 0 Å². The molecule has 2 nitrogen and oxygen atoms in total. The van der Waals surface area contributed by atoms with Crippen LogP contribution in [0, 0.1) is 0 Å². The molecule has 34 valence electrons. The first-order chi connectivity index (χ1) is 2.41. The Hall–Kier alpha value is 0.790. The van der Waals surface area contributed by atoms with Gasteiger partial charge in [0.1, 0.15) is 0 Å². The zero-order valence-electron chi connectivity index (χ0n) is 2.12. The molecule has 0 spiro atoms. The van der Waals surface area contributed by atoms with Gasteiger partial charge >= 0.3 is 0 Å². The fraction of sp³-hybridized carbons (Fsp3) is 0. The lowest BCUT2D eigenvalue weighted by Gasteiger charge is -1.46. The standard InChI is InChI=1S/Cl2O.ClH2N/c1-3-2;1-2/h;2H2. The molecule has 0 aromatic rings. The van der Waals surface area contributed by atoms with Crippen molar-refractivity contribution in [2.45, 2.75) is 0 Å². The summed E-state index contributed by atoms with van der Waals surface area (Å²) in [7, 11) is 0. The first kappa shape index (κ1) is 9.25. The third kappa shape index (κ3) is 59.7. The van der Waals surface area contributed by atoms with E-state index in [1.165, 1.54) is 0 Å².